The summed E-state index contributed by atoms with van der Waals surface area (Å²) in [4.78, 5) is 29.1. The first-order valence-electron chi connectivity index (χ1n) is 8.92. The number of halogens is 1. The predicted molar refractivity (Wildman–Crippen MR) is 108 cm³/mol. The normalized spacial score (nSPS) is 10.5. The van der Waals surface area contributed by atoms with Gasteiger partial charge in [-0.3, -0.25) is 9.59 Å². The average molecular weight is 397 g/mol. The first-order chi connectivity index (χ1) is 13.6. The topological polar surface area (TPSA) is 71.1 Å². The van der Waals surface area contributed by atoms with Crippen LogP contribution in [0.25, 0.3) is 0 Å². The van der Waals surface area contributed by atoms with Crippen molar-refractivity contribution in [3.63, 3.8) is 0 Å². The second-order valence-electron chi connectivity index (χ2n) is 6.21. The highest BCUT2D eigenvalue weighted by Gasteiger charge is 2.09. The van der Waals surface area contributed by atoms with E-state index >= 15 is 0 Å². The first-order valence-corrected chi connectivity index (χ1v) is 9.74. The van der Waals surface area contributed by atoms with Gasteiger partial charge in [-0.1, -0.05) is 30.3 Å². The predicted octanol–water partition coefficient (Wildman–Crippen LogP) is 4.02. The van der Waals surface area contributed by atoms with Crippen molar-refractivity contribution < 1.29 is 14.0 Å². The standard InChI is InChI=1S/C21H20FN3O2S/c22-17-9-4-6-15(12-17)13-18-14-24-21(28-18)25-19(26)10-5-11-23-20(27)16-7-2-1-3-8-16/h1-4,6-9,12,14H,5,10-11,13H2,(H,23,27)(H,24,25,26). The summed E-state index contributed by atoms with van der Waals surface area (Å²) in [5.74, 6) is -0.571. The van der Waals surface area contributed by atoms with E-state index < -0.39 is 0 Å². The van der Waals surface area contributed by atoms with Gasteiger partial charge in [0.1, 0.15) is 5.82 Å². The van der Waals surface area contributed by atoms with E-state index in [1.807, 2.05) is 12.1 Å². The fraction of sp³-hybridized carbons (Fsp3) is 0.190. The molecule has 0 saturated heterocycles. The zero-order valence-electron chi connectivity index (χ0n) is 15.2. The molecule has 2 N–H and O–H groups in total. The Balaban J connectivity index is 1.39. The third-order valence-electron chi connectivity index (χ3n) is 3.97. The molecule has 2 aromatic carbocycles. The molecule has 0 radical (unpaired) electrons. The molecule has 7 heteroatoms. The number of aromatic nitrogens is 1. The fourth-order valence-corrected chi connectivity index (χ4v) is 3.48. The van der Waals surface area contributed by atoms with E-state index in [2.05, 4.69) is 15.6 Å². The molecule has 3 aromatic rings. The second kappa shape index (κ2) is 9.75. The molecule has 2 amide bonds. The molecule has 28 heavy (non-hydrogen) atoms. The smallest absolute Gasteiger partial charge is 0.251 e. The van der Waals surface area contributed by atoms with Crippen molar-refractivity contribution in [2.75, 3.05) is 11.9 Å². The summed E-state index contributed by atoms with van der Waals surface area (Å²) in [6, 6.07) is 15.4. The average Bonchev–Trinajstić information content (AvgIpc) is 3.12. The zero-order valence-corrected chi connectivity index (χ0v) is 16.0. The summed E-state index contributed by atoms with van der Waals surface area (Å²) < 4.78 is 13.2. The second-order valence-corrected chi connectivity index (χ2v) is 7.33. The van der Waals surface area contributed by atoms with Gasteiger partial charge in [0.2, 0.25) is 5.91 Å². The lowest BCUT2D eigenvalue weighted by molar-refractivity contribution is -0.116. The number of nitrogens with zero attached hydrogens (tertiary/aromatic N) is 1. The van der Waals surface area contributed by atoms with E-state index in [1.54, 1.807) is 36.5 Å². The van der Waals surface area contributed by atoms with E-state index in [0.29, 0.717) is 30.1 Å². The van der Waals surface area contributed by atoms with E-state index in [4.69, 9.17) is 0 Å². The van der Waals surface area contributed by atoms with Crippen molar-refractivity contribution in [2.45, 2.75) is 19.3 Å². The Labute approximate surface area is 166 Å². The summed E-state index contributed by atoms with van der Waals surface area (Å²) in [5.41, 5.74) is 1.45. The summed E-state index contributed by atoms with van der Waals surface area (Å²) in [7, 11) is 0. The molecule has 0 fully saturated rings. The van der Waals surface area contributed by atoms with Crippen LogP contribution in [0.15, 0.2) is 60.8 Å². The van der Waals surface area contributed by atoms with Gasteiger partial charge in [0.25, 0.3) is 5.91 Å². The summed E-state index contributed by atoms with van der Waals surface area (Å²) >= 11 is 1.37. The Kier molecular flexibility index (Phi) is 6.86. The molecule has 5 nitrogen and oxygen atoms in total. The maximum absolute atomic E-state index is 13.2. The third-order valence-corrected chi connectivity index (χ3v) is 4.88. The van der Waals surface area contributed by atoms with Gasteiger partial charge in [-0.25, -0.2) is 9.37 Å². The van der Waals surface area contributed by atoms with Crippen LogP contribution in [0.3, 0.4) is 0 Å². The molecule has 0 unspecified atom stereocenters. The van der Waals surface area contributed by atoms with Gasteiger partial charge in [-0.05, 0) is 36.2 Å². The van der Waals surface area contributed by atoms with Crippen LogP contribution in [0.2, 0.25) is 0 Å². The van der Waals surface area contributed by atoms with Gasteiger partial charge < -0.3 is 10.6 Å². The maximum atomic E-state index is 13.2. The minimum atomic E-state index is -0.269. The number of carbonyl (C=O) groups excluding carboxylic acids is 2. The number of benzene rings is 2. The highest BCUT2D eigenvalue weighted by Crippen LogP contribution is 2.21. The van der Waals surface area contributed by atoms with Crippen molar-refractivity contribution in [1.29, 1.82) is 0 Å². The van der Waals surface area contributed by atoms with Crippen LogP contribution in [0.1, 0.15) is 33.6 Å². The van der Waals surface area contributed by atoms with Gasteiger partial charge in [0, 0.05) is 36.0 Å². The van der Waals surface area contributed by atoms with Crippen molar-refractivity contribution >= 4 is 28.3 Å². The number of nitrogens with one attached hydrogen (secondary N) is 2. The highest BCUT2D eigenvalue weighted by atomic mass is 32.1. The van der Waals surface area contributed by atoms with E-state index in [1.165, 1.54) is 23.5 Å². The van der Waals surface area contributed by atoms with E-state index in [9.17, 15) is 14.0 Å². The summed E-state index contributed by atoms with van der Waals surface area (Å²) in [5, 5.41) is 6.07. The zero-order chi connectivity index (χ0) is 19.8. The molecule has 0 atom stereocenters. The molecular formula is C21H20FN3O2S. The lowest BCUT2D eigenvalue weighted by atomic mass is 10.1. The van der Waals surface area contributed by atoms with Crippen molar-refractivity contribution in [3.05, 3.63) is 82.6 Å². The number of hydrogen-bond acceptors (Lipinski definition) is 4. The van der Waals surface area contributed by atoms with E-state index in [0.717, 1.165) is 10.4 Å². The molecule has 1 heterocycles. The van der Waals surface area contributed by atoms with Crippen molar-refractivity contribution in [2.24, 2.45) is 0 Å². The minimum absolute atomic E-state index is 0.150. The third kappa shape index (κ3) is 5.99. The molecule has 0 aliphatic rings. The Hall–Kier alpha value is -3.06. The van der Waals surface area contributed by atoms with Crippen LogP contribution >= 0.6 is 11.3 Å². The van der Waals surface area contributed by atoms with Crippen LogP contribution < -0.4 is 10.6 Å². The van der Waals surface area contributed by atoms with Crippen LogP contribution in [0.4, 0.5) is 9.52 Å². The van der Waals surface area contributed by atoms with Gasteiger partial charge in [0.05, 0.1) is 0 Å². The lowest BCUT2D eigenvalue weighted by Gasteiger charge is -2.05. The Morgan fingerprint density at radius 2 is 1.89 bits per heavy atom. The number of rotatable bonds is 8. The molecule has 0 spiro atoms. The maximum Gasteiger partial charge on any atom is 0.251 e. The van der Waals surface area contributed by atoms with Crippen molar-refractivity contribution in [3.8, 4) is 0 Å². The van der Waals surface area contributed by atoms with Crippen LogP contribution in [-0.2, 0) is 11.2 Å². The molecule has 0 bridgehead atoms. The quantitative estimate of drug-likeness (QED) is 0.564. The number of amides is 2. The van der Waals surface area contributed by atoms with Gasteiger partial charge in [-0.15, -0.1) is 11.3 Å². The molecule has 0 aliphatic heterocycles. The Morgan fingerprint density at radius 1 is 1.07 bits per heavy atom. The highest BCUT2D eigenvalue weighted by molar-refractivity contribution is 7.15. The SMILES string of the molecule is O=C(CCCNC(=O)c1ccccc1)Nc1ncc(Cc2cccc(F)c2)s1. The molecular weight excluding hydrogens is 377 g/mol. The minimum Gasteiger partial charge on any atom is -0.352 e. The summed E-state index contributed by atoms with van der Waals surface area (Å²) in [6.45, 7) is 0.420. The van der Waals surface area contributed by atoms with Crippen LogP contribution in [-0.4, -0.2) is 23.3 Å². The fourth-order valence-electron chi connectivity index (χ4n) is 2.62. The molecule has 144 valence electrons. The number of anilines is 1. The van der Waals surface area contributed by atoms with Crippen LogP contribution in [0, 0.1) is 5.82 Å². The molecule has 0 aliphatic carbocycles. The Bertz CT molecular complexity index is 944. The Morgan fingerprint density at radius 3 is 2.68 bits per heavy atom. The molecule has 1 aromatic heterocycles. The van der Waals surface area contributed by atoms with Gasteiger partial charge in [0.15, 0.2) is 5.13 Å². The number of carbonyl (C=O) groups is 2. The lowest BCUT2D eigenvalue weighted by Crippen LogP contribution is -2.25. The molecule has 3 rings (SSSR count). The monoisotopic (exact) mass is 397 g/mol. The van der Waals surface area contributed by atoms with E-state index in [-0.39, 0.29) is 24.1 Å². The number of hydrogen-bond donors (Lipinski definition) is 2. The molecule has 0 saturated carbocycles. The summed E-state index contributed by atoms with van der Waals surface area (Å²) in [6.07, 6.45) is 3.07. The van der Waals surface area contributed by atoms with Gasteiger partial charge in [-0.2, -0.15) is 0 Å². The first kappa shape index (κ1) is 19.7. The van der Waals surface area contributed by atoms with Gasteiger partial charge >= 0.3 is 0 Å². The van der Waals surface area contributed by atoms with Crippen LogP contribution in [0.5, 0.6) is 0 Å². The number of thiazole rings is 1. The van der Waals surface area contributed by atoms with Crippen molar-refractivity contribution in [1.82, 2.24) is 10.3 Å². The largest absolute Gasteiger partial charge is 0.352 e.